The molecule has 29 heavy (non-hydrogen) atoms. The number of nitrogens with zero attached hydrogens (tertiary/aromatic N) is 2. The summed E-state index contributed by atoms with van der Waals surface area (Å²) in [7, 11) is 0. The number of nitrogens with one attached hydrogen (secondary N) is 1. The van der Waals surface area contributed by atoms with Gasteiger partial charge in [0.1, 0.15) is 6.04 Å². The summed E-state index contributed by atoms with van der Waals surface area (Å²) in [6.07, 6.45) is 1.78. The number of fused-ring (bicyclic) bond motifs is 1. The molecule has 2 aromatic carbocycles. The summed E-state index contributed by atoms with van der Waals surface area (Å²) in [5.41, 5.74) is 2.64. The maximum Gasteiger partial charge on any atom is 0.325 e. The van der Waals surface area contributed by atoms with E-state index < -0.39 is 12.0 Å². The molecule has 5 nitrogen and oxygen atoms in total. The molecule has 0 aliphatic carbocycles. The number of piperazine rings is 1. The molecule has 1 aromatic heterocycles. The minimum atomic E-state index is -0.861. The molecule has 8 heteroatoms. The third-order valence-electron chi connectivity index (χ3n) is 5.39. The summed E-state index contributed by atoms with van der Waals surface area (Å²) in [4.78, 5) is 19.6. The number of aliphatic carboxylic acids is 1. The third-order valence-corrected chi connectivity index (χ3v) is 6.21. The van der Waals surface area contributed by atoms with E-state index in [2.05, 4.69) is 9.88 Å². The van der Waals surface area contributed by atoms with Gasteiger partial charge in [0.15, 0.2) is 0 Å². The van der Waals surface area contributed by atoms with E-state index in [9.17, 15) is 9.90 Å². The van der Waals surface area contributed by atoms with Gasteiger partial charge < -0.3 is 10.1 Å². The van der Waals surface area contributed by atoms with Gasteiger partial charge in [-0.1, -0.05) is 40.9 Å². The summed E-state index contributed by atoms with van der Waals surface area (Å²) in [6, 6.07) is 10.3. The van der Waals surface area contributed by atoms with Crippen molar-refractivity contribution in [1.29, 1.82) is 0 Å². The van der Waals surface area contributed by atoms with E-state index in [1.807, 2.05) is 29.2 Å². The second-order valence-electron chi connectivity index (χ2n) is 7.22. The molecule has 0 bridgehead atoms. The number of aromatic amines is 1. The molecule has 3 aromatic rings. The molecule has 4 rings (SSSR count). The minimum absolute atomic E-state index is 0.590. The topological polar surface area (TPSA) is 59.6 Å². The van der Waals surface area contributed by atoms with Crippen LogP contribution < -0.4 is 0 Å². The largest absolute Gasteiger partial charge is 0.480 e. The average molecular weight is 453 g/mol. The van der Waals surface area contributed by atoms with Gasteiger partial charge in [0.2, 0.25) is 0 Å². The molecule has 152 valence electrons. The van der Waals surface area contributed by atoms with Crippen LogP contribution in [0.25, 0.3) is 10.9 Å². The number of H-pyrrole nitrogens is 1. The lowest BCUT2D eigenvalue weighted by atomic mass is 10.0. The Morgan fingerprint density at radius 1 is 1.03 bits per heavy atom. The maximum atomic E-state index is 12.1. The third kappa shape index (κ3) is 4.39. The van der Waals surface area contributed by atoms with Gasteiger partial charge in [0, 0.05) is 70.5 Å². The molecular formula is C21H20Cl3N3O2. The van der Waals surface area contributed by atoms with Crippen molar-refractivity contribution >= 4 is 51.7 Å². The van der Waals surface area contributed by atoms with Crippen molar-refractivity contribution in [3.05, 3.63) is 68.8 Å². The SMILES string of the molecule is O=C(O)C(c1c[nH]c2ccc(Cl)cc12)N1CCN(Cc2ccc(Cl)cc2Cl)CC1. The van der Waals surface area contributed by atoms with Crippen LogP contribution in [0.5, 0.6) is 0 Å². The standard InChI is InChI=1S/C21H20Cl3N3O2/c22-14-3-4-19-16(9-14)17(11-25-19)20(21(28)29)27-7-5-26(6-8-27)12-13-1-2-15(23)10-18(13)24/h1-4,9-11,20,25H,5-8,12H2,(H,28,29). The molecule has 2 N–H and O–H groups in total. The van der Waals surface area contributed by atoms with Crippen LogP contribution in [0.2, 0.25) is 15.1 Å². The van der Waals surface area contributed by atoms with Crippen LogP contribution in [0.1, 0.15) is 17.2 Å². The Hall–Kier alpha value is -1.76. The smallest absolute Gasteiger partial charge is 0.325 e. The molecule has 1 aliphatic heterocycles. The second-order valence-corrected chi connectivity index (χ2v) is 8.50. The highest BCUT2D eigenvalue weighted by Gasteiger charge is 2.32. The zero-order chi connectivity index (χ0) is 20.5. The quantitative estimate of drug-likeness (QED) is 0.567. The molecule has 0 saturated carbocycles. The summed E-state index contributed by atoms with van der Waals surface area (Å²) < 4.78 is 0. The van der Waals surface area contributed by atoms with Crippen molar-refractivity contribution in [2.75, 3.05) is 26.2 Å². The van der Waals surface area contributed by atoms with Crippen LogP contribution >= 0.6 is 34.8 Å². The van der Waals surface area contributed by atoms with Crippen LogP contribution in [0.3, 0.4) is 0 Å². The number of carboxylic acid groups (broad SMARTS) is 1. The fraction of sp³-hybridized carbons (Fsp3) is 0.286. The van der Waals surface area contributed by atoms with Gasteiger partial charge in [-0.3, -0.25) is 14.6 Å². The Kier molecular flexibility index (Phi) is 6.04. The van der Waals surface area contributed by atoms with E-state index in [4.69, 9.17) is 34.8 Å². The molecule has 1 atom stereocenters. The zero-order valence-corrected chi connectivity index (χ0v) is 17.8. The second kappa shape index (κ2) is 8.54. The highest BCUT2D eigenvalue weighted by molar-refractivity contribution is 6.35. The summed E-state index contributed by atoms with van der Waals surface area (Å²) in [6.45, 7) is 3.52. The van der Waals surface area contributed by atoms with Crippen LogP contribution in [0.4, 0.5) is 0 Å². The van der Waals surface area contributed by atoms with E-state index in [1.54, 1.807) is 18.3 Å². The highest BCUT2D eigenvalue weighted by atomic mass is 35.5. The van der Waals surface area contributed by atoms with Gasteiger partial charge in [0.25, 0.3) is 0 Å². The number of rotatable bonds is 5. The molecule has 0 amide bonds. The first-order valence-corrected chi connectivity index (χ1v) is 10.5. The van der Waals surface area contributed by atoms with Gasteiger partial charge in [0.05, 0.1) is 0 Å². The molecule has 2 heterocycles. The Balaban J connectivity index is 1.49. The molecule has 0 radical (unpaired) electrons. The van der Waals surface area contributed by atoms with Crippen LogP contribution in [-0.4, -0.2) is 52.0 Å². The first kappa shape index (κ1) is 20.5. The monoisotopic (exact) mass is 451 g/mol. The lowest BCUT2D eigenvalue weighted by molar-refractivity contribution is -0.144. The number of carbonyl (C=O) groups is 1. The van der Waals surface area contributed by atoms with Gasteiger partial charge in [-0.25, -0.2) is 0 Å². The molecule has 1 aliphatic rings. The summed E-state index contributed by atoms with van der Waals surface area (Å²) in [5.74, 6) is -0.861. The van der Waals surface area contributed by atoms with Crippen molar-refractivity contribution in [2.45, 2.75) is 12.6 Å². The number of benzene rings is 2. The number of halogens is 3. The Bertz CT molecular complexity index is 1040. The van der Waals surface area contributed by atoms with Gasteiger partial charge in [-0.15, -0.1) is 0 Å². The fourth-order valence-corrected chi connectivity index (χ4v) is 4.54. The van der Waals surface area contributed by atoms with Crippen LogP contribution in [0, 0.1) is 0 Å². The van der Waals surface area contributed by atoms with Crippen molar-refractivity contribution in [3.8, 4) is 0 Å². The van der Waals surface area contributed by atoms with E-state index in [0.717, 1.165) is 35.1 Å². The normalized spacial score (nSPS) is 16.9. The lowest BCUT2D eigenvalue weighted by Crippen LogP contribution is -2.48. The first-order valence-electron chi connectivity index (χ1n) is 9.32. The minimum Gasteiger partial charge on any atom is -0.480 e. The lowest BCUT2D eigenvalue weighted by Gasteiger charge is -2.37. The average Bonchev–Trinajstić information content (AvgIpc) is 3.08. The van der Waals surface area contributed by atoms with E-state index in [1.165, 1.54) is 0 Å². The Morgan fingerprint density at radius 2 is 1.72 bits per heavy atom. The van der Waals surface area contributed by atoms with E-state index in [0.29, 0.717) is 34.7 Å². The molecular weight excluding hydrogens is 433 g/mol. The van der Waals surface area contributed by atoms with Gasteiger partial charge in [-0.2, -0.15) is 0 Å². The molecule has 1 fully saturated rings. The van der Waals surface area contributed by atoms with Crippen LogP contribution in [0.15, 0.2) is 42.6 Å². The highest BCUT2D eigenvalue weighted by Crippen LogP contribution is 2.31. The number of hydrogen-bond donors (Lipinski definition) is 2. The number of hydrogen-bond acceptors (Lipinski definition) is 3. The summed E-state index contributed by atoms with van der Waals surface area (Å²) in [5, 5.41) is 12.7. The van der Waals surface area contributed by atoms with Crippen LogP contribution in [-0.2, 0) is 11.3 Å². The predicted octanol–water partition coefficient (Wildman–Crippen LogP) is 5.07. The maximum absolute atomic E-state index is 12.1. The molecule has 1 saturated heterocycles. The summed E-state index contributed by atoms with van der Waals surface area (Å²) >= 11 is 18.4. The van der Waals surface area contributed by atoms with Crippen molar-refractivity contribution in [2.24, 2.45) is 0 Å². The Labute approximate surface area is 183 Å². The van der Waals surface area contributed by atoms with Crippen molar-refractivity contribution < 1.29 is 9.90 Å². The van der Waals surface area contributed by atoms with Gasteiger partial charge >= 0.3 is 5.97 Å². The Morgan fingerprint density at radius 3 is 2.41 bits per heavy atom. The number of aromatic nitrogens is 1. The van der Waals surface area contributed by atoms with E-state index >= 15 is 0 Å². The molecule has 0 spiro atoms. The fourth-order valence-electron chi connectivity index (χ4n) is 3.90. The zero-order valence-electron chi connectivity index (χ0n) is 15.5. The predicted molar refractivity (Wildman–Crippen MR) is 117 cm³/mol. The number of carboxylic acids is 1. The van der Waals surface area contributed by atoms with E-state index in [-0.39, 0.29) is 0 Å². The first-order chi connectivity index (χ1) is 13.9. The van der Waals surface area contributed by atoms with Crippen molar-refractivity contribution in [1.82, 2.24) is 14.8 Å². The van der Waals surface area contributed by atoms with Crippen molar-refractivity contribution in [3.63, 3.8) is 0 Å². The molecule has 1 unspecified atom stereocenters. The van der Waals surface area contributed by atoms with Gasteiger partial charge in [-0.05, 0) is 35.9 Å².